The molecule has 1 aromatic heterocycles. The highest BCUT2D eigenvalue weighted by molar-refractivity contribution is 7.15. The van der Waals surface area contributed by atoms with E-state index in [0.29, 0.717) is 22.0 Å². The number of carbonyl (C=O) groups is 3. The highest BCUT2D eigenvalue weighted by Crippen LogP contribution is 2.17. The van der Waals surface area contributed by atoms with Gasteiger partial charge in [0.1, 0.15) is 0 Å². The summed E-state index contributed by atoms with van der Waals surface area (Å²) in [5, 5.41) is 9.62. The lowest BCUT2D eigenvalue weighted by molar-refractivity contribution is -0.112. The zero-order valence-electron chi connectivity index (χ0n) is 19.0. The predicted molar refractivity (Wildman–Crippen MR) is 129 cm³/mol. The monoisotopic (exact) mass is 455 g/mol. The molecule has 1 aromatic carbocycles. The lowest BCUT2D eigenvalue weighted by Crippen LogP contribution is -2.25. The van der Waals surface area contributed by atoms with Gasteiger partial charge in [-0.25, -0.2) is 5.43 Å². The second-order valence-corrected chi connectivity index (χ2v) is 8.45. The van der Waals surface area contributed by atoms with E-state index in [-0.39, 0.29) is 22.9 Å². The van der Waals surface area contributed by atoms with Crippen molar-refractivity contribution in [3.63, 3.8) is 0 Å². The molecule has 0 spiro atoms. The van der Waals surface area contributed by atoms with Crippen molar-refractivity contribution in [2.45, 2.75) is 41.0 Å². The van der Waals surface area contributed by atoms with Gasteiger partial charge in [-0.15, -0.1) is 11.3 Å². The lowest BCUT2D eigenvalue weighted by atomic mass is 10.1. The summed E-state index contributed by atoms with van der Waals surface area (Å²) in [7, 11) is 0. The van der Waals surface area contributed by atoms with E-state index in [4.69, 9.17) is 5.73 Å². The zero-order chi connectivity index (χ0) is 23.8. The number of hydrazone groups is 1. The number of nitrogens with one attached hydrogen (secondary N) is 3. The topological polar surface area (TPSA) is 126 Å². The molecule has 0 unspecified atom stereocenters. The molecular formula is C23H29N5O3S. The number of carbonyl (C=O) groups excluding carboxylic acids is 3. The molecule has 0 aliphatic heterocycles. The number of amides is 3. The predicted octanol–water partition coefficient (Wildman–Crippen LogP) is 3.48. The Morgan fingerprint density at radius 1 is 1.00 bits per heavy atom. The number of allylic oxidation sites excluding steroid dienone is 1. The van der Waals surface area contributed by atoms with Gasteiger partial charge in [0, 0.05) is 17.9 Å². The Morgan fingerprint density at radius 3 is 2.25 bits per heavy atom. The van der Waals surface area contributed by atoms with Crippen LogP contribution in [0.4, 0.5) is 5.69 Å². The van der Waals surface area contributed by atoms with Crippen LogP contribution >= 0.6 is 11.3 Å². The minimum absolute atomic E-state index is 0.175. The van der Waals surface area contributed by atoms with E-state index in [2.05, 4.69) is 21.2 Å². The van der Waals surface area contributed by atoms with Crippen molar-refractivity contribution in [2.75, 3.05) is 11.9 Å². The maximum atomic E-state index is 12.8. The average Bonchev–Trinajstić information content (AvgIpc) is 3.23. The molecule has 0 saturated carbocycles. The van der Waals surface area contributed by atoms with Gasteiger partial charge < -0.3 is 16.4 Å². The van der Waals surface area contributed by atoms with Gasteiger partial charge in [-0.2, -0.15) is 5.10 Å². The van der Waals surface area contributed by atoms with Crippen LogP contribution in [0.1, 0.15) is 57.7 Å². The molecule has 0 atom stereocenters. The quantitative estimate of drug-likeness (QED) is 0.276. The number of benzene rings is 1. The Balaban J connectivity index is 2.09. The summed E-state index contributed by atoms with van der Waals surface area (Å²) >= 11 is 1.07. The number of nitrogens with zero attached hydrogens (tertiary/aromatic N) is 1. The van der Waals surface area contributed by atoms with Crippen LogP contribution in [0.3, 0.4) is 0 Å². The smallest absolute Gasteiger partial charge is 0.281 e. The van der Waals surface area contributed by atoms with Crippen LogP contribution in [-0.4, -0.2) is 30.0 Å². The van der Waals surface area contributed by atoms with Crippen molar-refractivity contribution in [1.29, 1.82) is 0 Å². The fraction of sp³-hybridized carbons (Fsp3) is 0.304. The van der Waals surface area contributed by atoms with Crippen LogP contribution in [0.25, 0.3) is 0 Å². The first-order valence-corrected chi connectivity index (χ1v) is 11.0. The van der Waals surface area contributed by atoms with E-state index < -0.39 is 11.8 Å². The number of nitrogens with two attached hydrogens (primary N) is 1. The molecule has 9 heteroatoms. The maximum Gasteiger partial charge on any atom is 0.281 e. The second-order valence-electron chi connectivity index (χ2n) is 7.37. The van der Waals surface area contributed by atoms with Gasteiger partial charge in [0.05, 0.1) is 21.0 Å². The Bertz CT molecular complexity index is 1080. The van der Waals surface area contributed by atoms with Gasteiger partial charge >= 0.3 is 0 Å². The molecule has 0 saturated heterocycles. The number of thiophene rings is 1. The van der Waals surface area contributed by atoms with Crippen LogP contribution in [0, 0.1) is 13.8 Å². The normalized spacial score (nSPS) is 12.1. The van der Waals surface area contributed by atoms with Gasteiger partial charge in [-0.05, 0) is 69.5 Å². The van der Waals surface area contributed by atoms with Gasteiger partial charge in [-0.1, -0.05) is 13.0 Å². The van der Waals surface area contributed by atoms with Gasteiger partial charge in [0.2, 0.25) is 0 Å². The van der Waals surface area contributed by atoms with Crippen LogP contribution in [0.5, 0.6) is 0 Å². The van der Waals surface area contributed by atoms with Gasteiger partial charge in [-0.3, -0.25) is 14.4 Å². The third-order valence-electron chi connectivity index (χ3n) is 4.66. The van der Waals surface area contributed by atoms with Crippen LogP contribution in [0.2, 0.25) is 0 Å². The number of anilines is 1. The number of rotatable bonds is 8. The lowest BCUT2D eigenvalue weighted by Gasteiger charge is -2.12. The Morgan fingerprint density at radius 2 is 1.66 bits per heavy atom. The summed E-state index contributed by atoms with van der Waals surface area (Å²) in [6.07, 6.45) is 0.825. The van der Waals surface area contributed by atoms with Crippen molar-refractivity contribution < 1.29 is 14.4 Å². The minimum Gasteiger partial charge on any atom is -0.402 e. The third kappa shape index (κ3) is 6.52. The van der Waals surface area contributed by atoms with E-state index in [0.717, 1.165) is 28.9 Å². The minimum atomic E-state index is -0.479. The summed E-state index contributed by atoms with van der Waals surface area (Å²) in [4.78, 5) is 38.0. The molecule has 3 amide bonds. The largest absolute Gasteiger partial charge is 0.402 e. The van der Waals surface area contributed by atoms with Crippen LogP contribution in [-0.2, 0) is 4.79 Å². The molecular weight excluding hydrogens is 426 g/mol. The van der Waals surface area contributed by atoms with Crippen molar-refractivity contribution in [1.82, 2.24) is 10.7 Å². The molecule has 0 aliphatic rings. The van der Waals surface area contributed by atoms with Gasteiger partial charge in [0.15, 0.2) is 0 Å². The second kappa shape index (κ2) is 11.2. The molecule has 5 N–H and O–H groups in total. The van der Waals surface area contributed by atoms with E-state index in [1.165, 1.54) is 0 Å². The van der Waals surface area contributed by atoms with Gasteiger partial charge in [0.25, 0.3) is 17.7 Å². The molecule has 1 heterocycles. The first kappa shape index (κ1) is 24.8. The Labute approximate surface area is 192 Å². The van der Waals surface area contributed by atoms with Crippen molar-refractivity contribution in [3.8, 4) is 0 Å². The summed E-state index contributed by atoms with van der Waals surface area (Å²) in [5.74, 6) is -1.12. The maximum absolute atomic E-state index is 12.8. The molecule has 170 valence electrons. The first-order valence-electron chi connectivity index (χ1n) is 10.2. The van der Waals surface area contributed by atoms with Crippen molar-refractivity contribution in [3.05, 3.63) is 62.5 Å². The number of hydrogen-bond acceptors (Lipinski definition) is 6. The zero-order valence-corrected chi connectivity index (χ0v) is 19.8. The van der Waals surface area contributed by atoms with E-state index in [1.807, 2.05) is 39.0 Å². The highest BCUT2D eigenvalue weighted by Gasteiger charge is 2.18. The van der Waals surface area contributed by atoms with E-state index in [1.54, 1.807) is 26.0 Å². The first-order chi connectivity index (χ1) is 15.1. The molecule has 0 fully saturated rings. The molecule has 0 bridgehead atoms. The summed E-state index contributed by atoms with van der Waals surface area (Å²) in [5.41, 5.74) is 11.9. The number of hydrogen-bond donors (Lipinski definition) is 4. The molecule has 2 aromatic rings. The summed E-state index contributed by atoms with van der Waals surface area (Å²) < 4.78 is 0. The van der Waals surface area contributed by atoms with Crippen LogP contribution in [0.15, 0.2) is 46.7 Å². The van der Waals surface area contributed by atoms with Crippen molar-refractivity contribution in [2.24, 2.45) is 10.8 Å². The molecule has 8 nitrogen and oxygen atoms in total. The van der Waals surface area contributed by atoms with Crippen LogP contribution < -0.4 is 21.8 Å². The fourth-order valence-corrected chi connectivity index (χ4v) is 3.61. The Hall–Kier alpha value is -3.46. The third-order valence-corrected chi connectivity index (χ3v) is 5.75. The summed E-state index contributed by atoms with van der Waals surface area (Å²) in [6, 6.07) is 8.75. The standard InChI is InChI=1S/C23H29N5O3S/c1-6-11-25-21(29)18-9-10-19(32-18)22(30)28-27-16(5)20(15(4)24)23(31)26-17-8-7-13(2)14(3)12-17/h7-10,12H,6,11,24H2,1-5H3,(H,25,29)(H,26,31)(H,28,30). The SMILES string of the molecule is CCCNC(=O)c1ccc(C(=O)NN=C(C)C(C(=O)Nc2ccc(C)c(C)c2)=C(C)N)s1. The average molecular weight is 456 g/mol. The van der Waals surface area contributed by atoms with E-state index >= 15 is 0 Å². The molecule has 2 rings (SSSR count). The van der Waals surface area contributed by atoms with E-state index in [9.17, 15) is 14.4 Å². The highest BCUT2D eigenvalue weighted by atomic mass is 32.1. The molecule has 32 heavy (non-hydrogen) atoms. The summed E-state index contributed by atoms with van der Waals surface area (Å²) in [6.45, 7) is 9.66. The fourth-order valence-electron chi connectivity index (χ4n) is 2.79. The Kier molecular flexibility index (Phi) is 8.71. The number of aryl methyl sites for hydroxylation is 2. The molecule has 0 radical (unpaired) electrons. The van der Waals surface area contributed by atoms with Crippen molar-refractivity contribution >= 4 is 40.5 Å². The molecule has 0 aliphatic carbocycles.